The number of aromatic nitrogens is 4. The van der Waals surface area contributed by atoms with E-state index in [4.69, 9.17) is 10.5 Å². The summed E-state index contributed by atoms with van der Waals surface area (Å²) < 4.78 is 6.91. The maximum atomic E-state index is 5.69. The molecule has 80 valence electrons. The average molecular weight is 207 g/mol. The van der Waals surface area contributed by atoms with Crippen LogP contribution in [0, 0.1) is 0 Å². The van der Waals surface area contributed by atoms with E-state index in [1.807, 2.05) is 0 Å². The van der Waals surface area contributed by atoms with Crippen molar-refractivity contribution in [2.45, 2.75) is 19.8 Å². The molecule has 0 unspecified atom stereocenters. The predicted molar refractivity (Wildman–Crippen MR) is 55.6 cm³/mol. The fourth-order valence-corrected chi connectivity index (χ4v) is 1.20. The molecule has 0 radical (unpaired) electrons. The summed E-state index contributed by atoms with van der Waals surface area (Å²) in [6, 6.07) is 0.298. The van der Waals surface area contributed by atoms with Crippen LogP contribution in [0.1, 0.15) is 19.8 Å². The number of hydrogen-bond donors (Lipinski definition) is 1. The molecule has 0 bridgehead atoms. The number of hydrogen-bond acceptors (Lipinski definition) is 5. The first-order valence-electron chi connectivity index (χ1n) is 4.91. The topological polar surface area (TPSA) is 78.3 Å². The van der Waals surface area contributed by atoms with Crippen LogP contribution >= 0.6 is 0 Å². The van der Waals surface area contributed by atoms with E-state index in [0.717, 1.165) is 12.8 Å². The van der Waals surface area contributed by atoms with Gasteiger partial charge in [0.05, 0.1) is 6.61 Å². The number of nitrogens with two attached hydrogens (primary N) is 1. The van der Waals surface area contributed by atoms with Crippen molar-refractivity contribution in [3.63, 3.8) is 0 Å². The monoisotopic (exact) mass is 207 g/mol. The number of fused-ring (bicyclic) bond motifs is 1. The zero-order valence-corrected chi connectivity index (χ0v) is 8.55. The van der Waals surface area contributed by atoms with E-state index in [1.165, 1.54) is 0 Å². The Balaban J connectivity index is 2.21. The van der Waals surface area contributed by atoms with Crippen LogP contribution in [0.2, 0.25) is 0 Å². The number of nitrogens with zero attached hydrogens (tertiary/aromatic N) is 4. The first-order valence-corrected chi connectivity index (χ1v) is 4.91. The normalized spacial score (nSPS) is 10.7. The third-order valence-electron chi connectivity index (χ3n) is 1.99. The lowest BCUT2D eigenvalue weighted by Gasteiger charge is -2.04. The Morgan fingerprint density at radius 2 is 2.40 bits per heavy atom. The van der Waals surface area contributed by atoms with Crippen molar-refractivity contribution in [2.24, 2.45) is 0 Å². The van der Waals surface area contributed by atoms with Gasteiger partial charge in [-0.2, -0.15) is 4.98 Å². The van der Waals surface area contributed by atoms with Gasteiger partial charge in [0, 0.05) is 12.4 Å². The molecule has 0 saturated heterocycles. The highest BCUT2D eigenvalue weighted by Gasteiger charge is 2.05. The van der Waals surface area contributed by atoms with Gasteiger partial charge in [-0.15, -0.1) is 5.10 Å². The number of unbranched alkanes of at least 4 members (excludes halogenated alkanes) is 1. The zero-order chi connectivity index (χ0) is 10.7. The highest BCUT2D eigenvalue weighted by molar-refractivity contribution is 5.58. The van der Waals surface area contributed by atoms with E-state index in [-0.39, 0.29) is 0 Å². The van der Waals surface area contributed by atoms with E-state index >= 15 is 0 Å². The Bertz CT molecular complexity index is 453. The van der Waals surface area contributed by atoms with Gasteiger partial charge in [-0.1, -0.05) is 13.3 Å². The van der Waals surface area contributed by atoms with Gasteiger partial charge in [0.15, 0.2) is 11.5 Å². The molecule has 6 nitrogen and oxygen atoms in total. The van der Waals surface area contributed by atoms with Gasteiger partial charge in [0.25, 0.3) is 0 Å². The Labute approximate surface area is 87.1 Å². The molecular weight excluding hydrogens is 194 g/mol. The van der Waals surface area contributed by atoms with E-state index in [9.17, 15) is 0 Å². The summed E-state index contributed by atoms with van der Waals surface area (Å²) in [7, 11) is 0. The molecule has 0 fully saturated rings. The Morgan fingerprint density at radius 3 is 3.20 bits per heavy atom. The average Bonchev–Trinajstić information content (AvgIpc) is 2.66. The summed E-state index contributed by atoms with van der Waals surface area (Å²) >= 11 is 0. The molecule has 0 spiro atoms. The highest BCUT2D eigenvalue weighted by Crippen LogP contribution is 2.11. The van der Waals surface area contributed by atoms with Gasteiger partial charge in [-0.25, -0.2) is 9.50 Å². The van der Waals surface area contributed by atoms with Gasteiger partial charge < -0.3 is 10.5 Å². The van der Waals surface area contributed by atoms with Crippen molar-refractivity contribution in [2.75, 3.05) is 12.3 Å². The van der Waals surface area contributed by atoms with Crippen LogP contribution in [0.15, 0.2) is 12.4 Å². The molecule has 0 saturated carbocycles. The fourth-order valence-electron chi connectivity index (χ4n) is 1.20. The summed E-state index contributed by atoms with van der Waals surface area (Å²) in [6.45, 7) is 2.70. The molecule has 0 aliphatic carbocycles. The van der Waals surface area contributed by atoms with Gasteiger partial charge in [-0.3, -0.25) is 0 Å². The minimum Gasteiger partial charge on any atom is -0.462 e. The van der Waals surface area contributed by atoms with Gasteiger partial charge in [0.2, 0.25) is 0 Å². The Hall–Kier alpha value is -1.85. The Kier molecular flexibility index (Phi) is 2.66. The van der Waals surface area contributed by atoms with E-state index < -0.39 is 0 Å². The quantitative estimate of drug-likeness (QED) is 0.753. The van der Waals surface area contributed by atoms with Crippen molar-refractivity contribution in [3.05, 3.63) is 12.4 Å². The van der Waals surface area contributed by atoms with Crippen LogP contribution in [0.4, 0.5) is 5.82 Å². The first-order chi connectivity index (χ1) is 7.31. The van der Waals surface area contributed by atoms with Crippen LogP contribution in [0.5, 0.6) is 6.01 Å². The zero-order valence-electron chi connectivity index (χ0n) is 8.55. The summed E-state index contributed by atoms with van der Waals surface area (Å²) in [5, 5.41) is 4.11. The van der Waals surface area contributed by atoms with Crippen LogP contribution in [-0.2, 0) is 0 Å². The number of nitrogen functional groups attached to an aromatic ring is 1. The van der Waals surface area contributed by atoms with Gasteiger partial charge in [0.1, 0.15) is 0 Å². The van der Waals surface area contributed by atoms with Crippen LogP contribution in [-0.4, -0.2) is 26.2 Å². The molecule has 6 heteroatoms. The summed E-state index contributed by atoms with van der Waals surface area (Å²) in [6.07, 6.45) is 5.38. The molecule has 2 N–H and O–H groups in total. The van der Waals surface area contributed by atoms with Crippen molar-refractivity contribution in [3.8, 4) is 6.01 Å². The first kappa shape index (κ1) is 9.70. The van der Waals surface area contributed by atoms with Gasteiger partial charge >= 0.3 is 6.01 Å². The lowest BCUT2D eigenvalue weighted by Crippen LogP contribution is -2.06. The molecular formula is C9H13N5O. The standard InChI is InChI=1S/C9H13N5O/c1-2-3-6-15-9-12-7(10)8-11-4-5-14(8)13-9/h4-5H,2-3,6H2,1H3,(H2,10,12,13). The smallest absolute Gasteiger partial charge is 0.336 e. The minimum absolute atomic E-state index is 0.298. The molecule has 2 aromatic rings. The molecule has 2 aromatic heterocycles. The molecule has 0 amide bonds. The van der Waals surface area contributed by atoms with Crippen LogP contribution < -0.4 is 10.5 Å². The molecule has 0 aliphatic heterocycles. The maximum absolute atomic E-state index is 5.69. The van der Waals surface area contributed by atoms with Crippen molar-refractivity contribution < 1.29 is 4.74 Å². The predicted octanol–water partition coefficient (Wildman–Crippen LogP) is 0.885. The molecule has 2 rings (SSSR count). The van der Waals surface area contributed by atoms with Gasteiger partial charge in [-0.05, 0) is 6.42 Å². The SMILES string of the molecule is CCCCOc1nc(N)c2nccn2n1. The number of anilines is 1. The van der Waals surface area contributed by atoms with Crippen LogP contribution in [0.3, 0.4) is 0 Å². The summed E-state index contributed by atoms with van der Waals surface area (Å²) in [4.78, 5) is 8.02. The van der Waals surface area contributed by atoms with E-state index in [2.05, 4.69) is 22.0 Å². The lowest BCUT2D eigenvalue weighted by atomic mass is 10.4. The summed E-state index contributed by atoms with van der Waals surface area (Å²) in [5.41, 5.74) is 6.24. The molecule has 0 atom stereocenters. The number of ether oxygens (including phenoxy) is 1. The second kappa shape index (κ2) is 4.12. The van der Waals surface area contributed by atoms with Crippen molar-refractivity contribution in [1.29, 1.82) is 0 Å². The lowest BCUT2D eigenvalue weighted by molar-refractivity contribution is 0.281. The number of rotatable bonds is 4. The highest BCUT2D eigenvalue weighted by atomic mass is 16.5. The second-order valence-electron chi connectivity index (χ2n) is 3.18. The molecule has 2 heterocycles. The summed E-state index contributed by atoms with van der Waals surface area (Å²) in [5.74, 6) is 0.335. The second-order valence-corrected chi connectivity index (χ2v) is 3.18. The van der Waals surface area contributed by atoms with E-state index in [1.54, 1.807) is 16.9 Å². The third kappa shape index (κ3) is 1.98. The van der Waals surface area contributed by atoms with Crippen LogP contribution in [0.25, 0.3) is 5.65 Å². The minimum atomic E-state index is 0.298. The molecule has 0 aliphatic rings. The molecule has 15 heavy (non-hydrogen) atoms. The van der Waals surface area contributed by atoms with E-state index in [0.29, 0.717) is 24.1 Å². The largest absolute Gasteiger partial charge is 0.462 e. The van der Waals surface area contributed by atoms with Crippen molar-refractivity contribution >= 4 is 11.5 Å². The Morgan fingerprint density at radius 1 is 1.53 bits per heavy atom. The third-order valence-corrected chi connectivity index (χ3v) is 1.99. The fraction of sp³-hybridized carbons (Fsp3) is 0.444. The number of imidazole rings is 1. The molecule has 0 aromatic carbocycles. The maximum Gasteiger partial charge on any atom is 0.336 e. The van der Waals surface area contributed by atoms with Crippen molar-refractivity contribution in [1.82, 2.24) is 19.6 Å².